The van der Waals surface area contributed by atoms with E-state index in [2.05, 4.69) is 84.7 Å². The number of methoxy groups -OCH3 is 1. The molecule has 1 aliphatic heterocycles. The molecule has 0 N–H and O–H groups in total. The number of nitrogens with zero attached hydrogens (tertiary/aromatic N) is 1. The number of aromatic nitrogens is 1. The minimum Gasteiger partial charge on any atom is -0.493 e. The van der Waals surface area contributed by atoms with Gasteiger partial charge in [0.05, 0.1) is 24.4 Å². The molecule has 0 spiro atoms. The van der Waals surface area contributed by atoms with Crippen molar-refractivity contribution in [1.29, 1.82) is 0 Å². The maximum absolute atomic E-state index is 6.73. The van der Waals surface area contributed by atoms with Crippen molar-refractivity contribution < 1.29 is 23.2 Å². The lowest BCUT2D eigenvalue weighted by atomic mass is 9.75. The van der Waals surface area contributed by atoms with Crippen LogP contribution in [-0.4, -0.2) is 51.4 Å². The molecular formula is C30H46BNO5Si. The molecule has 1 atom stereocenters. The molecule has 0 radical (unpaired) electrons. The van der Waals surface area contributed by atoms with Gasteiger partial charge in [-0.25, -0.2) is 0 Å². The van der Waals surface area contributed by atoms with E-state index in [1.54, 1.807) is 7.11 Å². The molecule has 2 aromatic rings. The summed E-state index contributed by atoms with van der Waals surface area (Å²) in [7, 11) is -0.580. The molecule has 2 heterocycles. The molecule has 1 saturated heterocycles. The third-order valence-corrected chi connectivity index (χ3v) is 13.3. The smallest absolute Gasteiger partial charge is 0.458 e. The molecule has 1 aromatic carbocycles. The molecule has 0 amide bonds. The van der Waals surface area contributed by atoms with Crippen LogP contribution >= 0.6 is 0 Å². The first kappa shape index (κ1) is 29.1. The van der Waals surface area contributed by atoms with Crippen molar-refractivity contribution in [1.82, 2.24) is 4.98 Å². The fourth-order valence-electron chi connectivity index (χ4n) is 4.27. The summed E-state index contributed by atoms with van der Waals surface area (Å²) in [4.78, 5) is 4.65. The maximum Gasteiger partial charge on any atom is 0.458 e. The molecule has 208 valence electrons. The summed E-state index contributed by atoms with van der Waals surface area (Å²) in [5.41, 5.74) is 2.47. The van der Waals surface area contributed by atoms with Crippen LogP contribution in [-0.2, 0) is 13.7 Å². The largest absolute Gasteiger partial charge is 0.493 e. The lowest BCUT2D eigenvalue weighted by Gasteiger charge is -2.37. The topological polar surface area (TPSA) is 59.0 Å². The second-order valence-corrected chi connectivity index (χ2v) is 18.2. The number of hydrogen-bond acceptors (Lipinski definition) is 6. The molecule has 4 rings (SSSR count). The van der Waals surface area contributed by atoms with Crippen LogP contribution in [0.25, 0.3) is 11.1 Å². The predicted octanol–water partition coefficient (Wildman–Crippen LogP) is 7.50. The first-order valence-electron chi connectivity index (χ1n) is 13.9. The summed E-state index contributed by atoms with van der Waals surface area (Å²) < 4.78 is 31.2. The zero-order valence-electron chi connectivity index (χ0n) is 25.0. The van der Waals surface area contributed by atoms with Crippen molar-refractivity contribution in [3.63, 3.8) is 0 Å². The summed E-state index contributed by atoms with van der Waals surface area (Å²) in [5.74, 6) is 1.62. The van der Waals surface area contributed by atoms with Gasteiger partial charge in [-0.05, 0) is 94.3 Å². The van der Waals surface area contributed by atoms with E-state index in [4.69, 9.17) is 23.2 Å². The van der Waals surface area contributed by atoms with Gasteiger partial charge in [0, 0.05) is 30.5 Å². The summed E-state index contributed by atoms with van der Waals surface area (Å²) in [5, 5.41) is 0.128. The highest BCUT2D eigenvalue weighted by Crippen LogP contribution is 2.42. The average molecular weight is 540 g/mol. The Morgan fingerprint density at radius 2 is 1.66 bits per heavy atom. The van der Waals surface area contributed by atoms with Crippen LogP contribution in [0.1, 0.15) is 72.8 Å². The molecule has 1 aromatic heterocycles. The highest BCUT2D eigenvalue weighted by atomic mass is 28.4. The van der Waals surface area contributed by atoms with E-state index in [9.17, 15) is 0 Å². The van der Waals surface area contributed by atoms with Gasteiger partial charge in [-0.2, -0.15) is 0 Å². The molecule has 6 nitrogen and oxygen atoms in total. The van der Waals surface area contributed by atoms with E-state index >= 15 is 0 Å². The SMILES string of the molecule is COc1ccc(-c2cncc(C(CO[Si](C)(C)C(C)(C)C)CB3OC(C)(C)C(C)(C)O3)c2)cc1OC1CC1. The number of ether oxygens (including phenoxy) is 2. The Bertz CT molecular complexity index is 1110. The summed E-state index contributed by atoms with van der Waals surface area (Å²) in [6.45, 7) is 20.4. The van der Waals surface area contributed by atoms with Crippen LogP contribution in [0.5, 0.6) is 11.5 Å². The molecule has 2 aliphatic rings. The molecular weight excluding hydrogens is 493 g/mol. The molecule has 1 saturated carbocycles. The van der Waals surface area contributed by atoms with Crippen molar-refractivity contribution in [2.45, 2.75) is 109 Å². The van der Waals surface area contributed by atoms with Gasteiger partial charge in [-0.1, -0.05) is 26.8 Å². The number of benzene rings is 1. The molecule has 38 heavy (non-hydrogen) atoms. The van der Waals surface area contributed by atoms with E-state index in [1.165, 1.54) is 0 Å². The summed E-state index contributed by atoms with van der Waals surface area (Å²) in [6, 6.07) is 8.32. The van der Waals surface area contributed by atoms with Gasteiger partial charge in [0.1, 0.15) is 0 Å². The van der Waals surface area contributed by atoms with E-state index in [0.29, 0.717) is 19.0 Å². The fraction of sp³-hybridized carbons (Fsp3) is 0.633. The summed E-state index contributed by atoms with van der Waals surface area (Å²) >= 11 is 0. The molecule has 2 fully saturated rings. The van der Waals surface area contributed by atoms with Gasteiger partial charge in [0.15, 0.2) is 19.8 Å². The fourth-order valence-corrected chi connectivity index (χ4v) is 5.32. The van der Waals surface area contributed by atoms with Gasteiger partial charge >= 0.3 is 7.12 Å². The zero-order chi connectivity index (χ0) is 27.9. The Morgan fingerprint density at radius 3 is 2.24 bits per heavy atom. The van der Waals surface area contributed by atoms with E-state index in [1.807, 2.05) is 18.5 Å². The average Bonchev–Trinajstić information content (AvgIpc) is 3.61. The third-order valence-electron chi connectivity index (χ3n) is 8.78. The van der Waals surface area contributed by atoms with Gasteiger partial charge in [0.2, 0.25) is 0 Å². The lowest BCUT2D eigenvalue weighted by molar-refractivity contribution is 0.00578. The number of pyridine rings is 1. The Morgan fingerprint density at radius 1 is 1.00 bits per heavy atom. The normalized spacial score (nSPS) is 19.9. The Balaban J connectivity index is 1.62. The highest BCUT2D eigenvalue weighted by molar-refractivity contribution is 6.74. The second kappa shape index (κ2) is 10.6. The quantitative estimate of drug-likeness (QED) is 0.292. The minimum atomic E-state index is -1.95. The van der Waals surface area contributed by atoms with E-state index in [-0.39, 0.29) is 29.3 Å². The Hall–Kier alpha value is -1.87. The van der Waals surface area contributed by atoms with Crippen LogP contribution in [0.4, 0.5) is 0 Å². The zero-order valence-corrected chi connectivity index (χ0v) is 26.0. The Kier molecular flexibility index (Phi) is 8.13. The minimum absolute atomic E-state index is 0.0757. The lowest BCUT2D eigenvalue weighted by Crippen LogP contribution is -2.42. The van der Waals surface area contributed by atoms with Gasteiger partial charge < -0.3 is 23.2 Å². The van der Waals surface area contributed by atoms with Crippen LogP contribution in [0.15, 0.2) is 36.7 Å². The van der Waals surface area contributed by atoms with Crippen LogP contribution in [0.3, 0.4) is 0 Å². The standard InChI is InChI=1S/C30H46BNO5Si/c1-28(2,3)38(9,10)34-20-24(17-31-36-29(4,5)30(6,7)37-31)23-15-22(18-32-19-23)21-11-14-26(33-8)27(16-21)35-25-12-13-25/h11,14-16,18-19,24-25H,12-13,17,20H2,1-10H3. The van der Waals surface area contributed by atoms with Crippen molar-refractivity contribution in [2.24, 2.45) is 0 Å². The first-order chi connectivity index (χ1) is 17.6. The molecule has 8 heteroatoms. The molecule has 0 bridgehead atoms. The second-order valence-electron chi connectivity index (χ2n) is 13.4. The third kappa shape index (κ3) is 6.46. The maximum atomic E-state index is 6.73. The van der Waals surface area contributed by atoms with Gasteiger partial charge in [-0.3, -0.25) is 4.98 Å². The summed E-state index contributed by atoms with van der Waals surface area (Å²) in [6.07, 6.45) is 7.05. The monoisotopic (exact) mass is 539 g/mol. The van der Waals surface area contributed by atoms with Gasteiger partial charge in [-0.15, -0.1) is 0 Å². The molecule has 1 aliphatic carbocycles. The van der Waals surface area contributed by atoms with Crippen molar-refractivity contribution in [2.75, 3.05) is 13.7 Å². The highest BCUT2D eigenvalue weighted by Gasteiger charge is 2.51. The van der Waals surface area contributed by atoms with Crippen LogP contribution in [0.2, 0.25) is 24.5 Å². The Labute approximate surface area is 231 Å². The van der Waals surface area contributed by atoms with Crippen molar-refractivity contribution >= 4 is 15.4 Å². The van der Waals surface area contributed by atoms with E-state index < -0.39 is 8.32 Å². The number of rotatable bonds is 10. The number of hydrogen-bond donors (Lipinski definition) is 0. The van der Waals surface area contributed by atoms with E-state index in [0.717, 1.165) is 41.0 Å². The van der Waals surface area contributed by atoms with Crippen LogP contribution < -0.4 is 9.47 Å². The molecule has 1 unspecified atom stereocenters. The van der Waals surface area contributed by atoms with Gasteiger partial charge in [0.25, 0.3) is 0 Å². The predicted molar refractivity (Wildman–Crippen MR) is 157 cm³/mol. The van der Waals surface area contributed by atoms with Crippen molar-refractivity contribution in [3.8, 4) is 22.6 Å². The van der Waals surface area contributed by atoms with Crippen LogP contribution in [0, 0.1) is 0 Å². The van der Waals surface area contributed by atoms with Crippen molar-refractivity contribution in [3.05, 3.63) is 42.2 Å². The first-order valence-corrected chi connectivity index (χ1v) is 16.8.